The fourth-order valence-corrected chi connectivity index (χ4v) is 1.62. The van der Waals surface area contributed by atoms with Crippen LogP contribution in [0.15, 0.2) is 6.07 Å². The van der Waals surface area contributed by atoms with Crippen molar-refractivity contribution in [1.82, 2.24) is 15.2 Å². The lowest BCUT2D eigenvalue weighted by molar-refractivity contribution is 0.0692. The van der Waals surface area contributed by atoms with Crippen LogP contribution in [-0.2, 0) is 0 Å². The maximum absolute atomic E-state index is 11.6. The van der Waals surface area contributed by atoms with Gasteiger partial charge in [-0.05, 0) is 40.1 Å². The summed E-state index contributed by atoms with van der Waals surface area (Å²) in [5, 5.41) is 14.2. The zero-order valence-corrected chi connectivity index (χ0v) is 11.4. The van der Waals surface area contributed by atoms with Crippen LogP contribution in [0, 0.1) is 6.92 Å². The molecule has 4 N–H and O–H groups in total. The van der Waals surface area contributed by atoms with Crippen molar-refractivity contribution in [3.63, 3.8) is 0 Å². The molecule has 106 valence electrons. The number of carbonyl (C=O) groups is 2. The van der Waals surface area contributed by atoms with Crippen LogP contribution in [0.2, 0.25) is 0 Å². The molecule has 2 amide bonds. The van der Waals surface area contributed by atoms with E-state index < -0.39 is 12.0 Å². The number of hydrogen-bond acceptors (Lipinski definition) is 3. The molecular formula is C12H20N4O3. The second-order valence-corrected chi connectivity index (χ2v) is 4.58. The highest BCUT2D eigenvalue weighted by Crippen LogP contribution is 2.16. The minimum absolute atomic E-state index is 0.0130. The van der Waals surface area contributed by atoms with Gasteiger partial charge in [0.05, 0.1) is 5.69 Å². The van der Waals surface area contributed by atoms with Crippen molar-refractivity contribution in [1.29, 1.82) is 0 Å². The number of urea groups is 1. The van der Waals surface area contributed by atoms with Crippen molar-refractivity contribution in [2.75, 3.05) is 32.5 Å². The number of aromatic carboxylic acids is 1. The Morgan fingerprint density at radius 1 is 1.42 bits per heavy atom. The lowest BCUT2D eigenvalue weighted by Gasteiger charge is -2.10. The van der Waals surface area contributed by atoms with E-state index in [2.05, 4.69) is 15.6 Å². The lowest BCUT2D eigenvalue weighted by atomic mass is 10.3. The zero-order valence-electron chi connectivity index (χ0n) is 11.4. The van der Waals surface area contributed by atoms with E-state index in [0.717, 1.165) is 13.0 Å². The van der Waals surface area contributed by atoms with Gasteiger partial charge in [-0.1, -0.05) is 0 Å². The molecule has 19 heavy (non-hydrogen) atoms. The van der Waals surface area contributed by atoms with E-state index in [9.17, 15) is 9.59 Å². The summed E-state index contributed by atoms with van der Waals surface area (Å²) in [7, 11) is 3.92. The van der Waals surface area contributed by atoms with Gasteiger partial charge in [0.2, 0.25) is 0 Å². The zero-order chi connectivity index (χ0) is 14.4. The predicted octanol–water partition coefficient (Wildman–Crippen LogP) is 1.09. The van der Waals surface area contributed by atoms with E-state index >= 15 is 0 Å². The quantitative estimate of drug-likeness (QED) is 0.581. The van der Waals surface area contributed by atoms with Gasteiger partial charge in [-0.15, -0.1) is 0 Å². The summed E-state index contributed by atoms with van der Waals surface area (Å²) in [6, 6.07) is 1.18. The molecule has 0 unspecified atom stereocenters. The van der Waals surface area contributed by atoms with Gasteiger partial charge >= 0.3 is 12.0 Å². The molecule has 0 radical (unpaired) electrons. The number of H-pyrrole nitrogens is 1. The summed E-state index contributed by atoms with van der Waals surface area (Å²) >= 11 is 0. The Morgan fingerprint density at radius 3 is 2.68 bits per heavy atom. The van der Waals surface area contributed by atoms with Gasteiger partial charge in [-0.3, -0.25) is 0 Å². The number of hydrogen-bond donors (Lipinski definition) is 4. The number of carbonyl (C=O) groups excluding carboxylic acids is 1. The molecule has 7 nitrogen and oxygen atoms in total. The number of amides is 2. The molecule has 0 aliphatic carbocycles. The SMILES string of the molecule is Cc1cc(NC(=O)NCCCN(C)C)c(C(=O)O)[nH]1. The van der Waals surface area contributed by atoms with Gasteiger partial charge in [0.15, 0.2) is 0 Å². The van der Waals surface area contributed by atoms with Crippen LogP contribution >= 0.6 is 0 Å². The van der Waals surface area contributed by atoms with Crippen LogP contribution in [0.5, 0.6) is 0 Å². The Hall–Kier alpha value is -2.02. The molecule has 1 rings (SSSR count). The van der Waals surface area contributed by atoms with Crippen LogP contribution in [0.3, 0.4) is 0 Å². The molecule has 7 heteroatoms. The maximum Gasteiger partial charge on any atom is 0.354 e. The monoisotopic (exact) mass is 268 g/mol. The summed E-state index contributed by atoms with van der Waals surface area (Å²) in [4.78, 5) is 27.3. The molecule has 0 atom stereocenters. The maximum atomic E-state index is 11.6. The number of anilines is 1. The van der Waals surface area contributed by atoms with Gasteiger partial charge in [-0.2, -0.15) is 0 Å². The van der Waals surface area contributed by atoms with Gasteiger partial charge in [0, 0.05) is 12.2 Å². The molecule has 1 aromatic heterocycles. The summed E-state index contributed by atoms with van der Waals surface area (Å²) < 4.78 is 0. The Bertz CT molecular complexity index is 454. The Kier molecular flexibility index (Phi) is 5.37. The van der Waals surface area contributed by atoms with Gasteiger partial charge in [0.1, 0.15) is 5.69 Å². The molecule has 0 aliphatic rings. The fraction of sp³-hybridized carbons (Fsp3) is 0.500. The molecule has 0 aliphatic heterocycles. The topological polar surface area (TPSA) is 97.5 Å². The van der Waals surface area contributed by atoms with Gasteiger partial charge in [0.25, 0.3) is 0 Å². The second kappa shape index (κ2) is 6.79. The van der Waals surface area contributed by atoms with E-state index in [0.29, 0.717) is 12.2 Å². The largest absolute Gasteiger partial charge is 0.477 e. The molecule has 0 fully saturated rings. The van der Waals surface area contributed by atoms with Crippen LogP contribution in [0.1, 0.15) is 22.6 Å². The number of rotatable bonds is 6. The van der Waals surface area contributed by atoms with Crippen molar-refractivity contribution in [2.24, 2.45) is 0 Å². The smallest absolute Gasteiger partial charge is 0.354 e. The Labute approximate surface area is 112 Å². The standard InChI is InChI=1S/C12H20N4O3/c1-8-7-9(10(14-8)11(17)18)15-12(19)13-5-4-6-16(2)3/h7,14H,4-6H2,1-3H3,(H,17,18)(H2,13,15,19). The average Bonchev–Trinajstić information content (AvgIpc) is 2.65. The molecular weight excluding hydrogens is 248 g/mol. The third kappa shape index (κ3) is 5.01. The van der Waals surface area contributed by atoms with Crippen LogP contribution in [0.4, 0.5) is 10.5 Å². The van der Waals surface area contributed by atoms with Crippen LogP contribution in [-0.4, -0.2) is 54.2 Å². The van der Waals surface area contributed by atoms with Crippen molar-refractivity contribution in [3.05, 3.63) is 17.5 Å². The number of nitrogens with one attached hydrogen (secondary N) is 3. The first-order valence-corrected chi connectivity index (χ1v) is 6.02. The number of carboxylic acids is 1. The molecule has 1 heterocycles. The minimum Gasteiger partial charge on any atom is -0.477 e. The molecule has 1 aromatic rings. The highest BCUT2D eigenvalue weighted by molar-refractivity contribution is 5.99. The highest BCUT2D eigenvalue weighted by atomic mass is 16.4. The molecule has 0 aromatic carbocycles. The fourth-order valence-electron chi connectivity index (χ4n) is 1.62. The third-order valence-electron chi connectivity index (χ3n) is 2.48. The highest BCUT2D eigenvalue weighted by Gasteiger charge is 2.14. The summed E-state index contributed by atoms with van der Waals surface area (Å²) in [6.07, 6.45) is 0.832. The minimum atomic E-state index is -1.10. The first kappa shape index (κ1) is 15.0. The number of carboxylic acid groups (broad SMARTS) is 1. The number of aromatic amines is 1. The van der Waals surface area contributed by atoms with Crippen molar-refractivity contribution < 1.29 is 14.7 Å². The third-order valence-corrected chi connectivity index (χ3v) is 2.48. The van der Waals surface area contributed by atoms with Gasteiger partial charge < -0.3 is 25.6 Å². The average molecular weight is 268 g/mol. The molecule has 0 saturated heterocycles. The predicted molar refractivity (Wildman–Crippen MR) is 72.7 cm³/mol. The van der Waals surface area contributed by atoms with E-state index in [1.165, 1.54) is 0 Å². The van der Waals surface area contributed by atoms with Crippen LogP contribution in [0.25, 0.3) is 0 Å². The van der Waals surface area contributed by atoms with E-state index in [4.69, 9.17) is 5.11 Å². The van der Waals surface area contributed by atoms with Gasteiger partial charge in [-0.25, -0.2) is 9.59 Å². The summed E-state index contributed by atoms with van der Waals surface area (Å²) in [5.74, 6) is -1.10. The summed E-state index contributed by atoms with van der Waals surface area (Å²) in [5.41, 5.74) is 0.941. The Morgan fingerprint density at radius 2 is 2.11 bits per heavy atom. The van der Waals surface area contributed by atoms with Crippen molar-refractivity contribution >= 4 is 17.7 Å². The number of aryl methyl sites for hydroxylation is 1. The second-order valence-electron chi connectivity index (χ2n) is 4.58. The van der Waals surface area contributed by atoms with Crippen molar-refractivity contribution in [2.45, 2.75) is 13.3 Å². The summed E-state index contributed by atoms with van der Waals surface area (Å²) in [6.45, 7) is 3.15. The normalized spacial score (nSPS) is 10.5. The first-order chi connectivity index (χ1) is 8.90. The van der Waals surface area contributed by atoms with E-state index in [1.54, 1.807) is 13.0 Å². The van der Waals surface area contributed by atoms with E-state index in [1.807, 2.05) is 19.0 Å². The van der Waals surface area contributed by atoms with Crippen molar-refractivity contribution in [3.8, 4) is 0 Å². The van der Waals surface area contributed by atoms with E-state index in [-0.39, 0.29) is 11.4 Å². The first-order valence-electron chi connectivity index (χ1n) is 6.02. The number of aromatic nitrogens is 1. The number of nitrogens with zero attached hydrogens (tertiary/aromatic N) is 1. The molecule has 0 bridgehead atoms. The van der Waals surface area contributed by atoms with Crippen LogP contribution < -0.4 is 10.6 Å². The Balaban J connectivity index is 2.46. The molecule has 0 spiro atoms. The molecule has 0 saturated carbocycles. The lowest BCUT2D eigenvalue weighted by Crippen LogP contribution is -2.31.